The highest BCUT2D eigenvalue weighted by Crippen LogP contribution is 2.33. The minimum atomic E-state index is -0.206. The van der Waals surface area contributed by atoms with Crippen LogP contribution in [-0.2, 0) is 0 Å². The molecule has 0 spiro atoms. The highest BCUT2D eigenvalue weighted by atomic mass is 16.2. The van der Waals surface area contributed by atoms with E-state index in [-0.39, 0.29) is 6.03 Å². The highest BCUT2D eigenvalue weighted by Gasteiger charge is 2.25. The van der Waals surface area contributed by atoms with Crippen molar-refractivity contribution in [3.63, 3.8) is 0 Å². The van der Waals surface area contributed by atoms with Gasteiger partial charge in [0.15, 0.2) is 5.82 Å². The van der Waals surface area contributed by atoms with E-state index in [4.69, 9.17) is 4.98 Å². The van der Waals surface area contributed by atoms with Gasteiger partial charge in [-0.3, -0.25) is 14.9 Å². The molecule has 0 aromatic carbocycles. The number of pyridine rings is 2. The monoisotopic (exact) mass is 362 g/mol. The molecule has 2 N–H and O–H groups in total. The van der Waals surface area contributed by atoms with Crippen molar-refractivity contribution in [2.24, 2.45) is 4.99 Å². The van der Waals surface area contributed by atoms with Crippen LogP contribution in [0.1, 0.15) is 32.4 Å². The summed E-state index contributed by atoms with van der Waals surface area (Å²) < 4.78 is 0. The van der Waals surface area contributed by atoms with Gasteiger partial charge in [0.05, 0.1) is 23.3 Å². The number of carbonyl (C=O) groups excluding carboxylic acids is 1. The number of hydrogen-bond acceptors (Lipinski definition) is 5. The van der Waals surface area contributed by atoms with E-state index in [1.165, 1.54) is 0 Å². The second kappa shape index (κ2) is 7.19. The van der Waals surface area contributed by atoms with Crippen LogP contribution in [0, 0.1) is 0 Å². The van der Waals surface area contributed by atoms with E-state index in [2.05, 4.69) is 20.6 Å². The Kier molecular flexibility index (Phi) is 4.58. The quantitative estimate of drug-likeness (QED) is 0.848. The molecule has 4 rings (SSSR count). The molecule has 0 fully saturated rings. The van der Waals surface area contributed by atoms with Gasteiger partial charge in [0.2, 0.25) is 0 Å². The smallest absolute Gasteiger partial charge is 0.327 e. The van der Waals surface area contributed by atoms with Crippen LogP contribution in [0.3, 0.4) is 0 Å². The summed E-state index contributed by atoms with van der Waals surface area (Å²) in [5.41, 5.74) is 5.60. The Balaban J connectivity index is 1.66. The van der Waals surface area contributed by atoms with E-state index in [9.17, 15) is 4.79 Å². The minimum Gasteiger partial charge on any atom is -0.382 e. The van der Waals surface area contributed by atoms with Crippen molar-refractivity contribution < 1.29 is 4.79 Å². The summed E-state index contributed by atoms with van der Waals surface area (Å²) in [7, 11) is 0. The number of amides is 2. The molecule has 4 heterocycles. The first-order valence-electron chi connectivity index (χ1n) is 9.09. The molecule has 138 valence electrons. The third kappa shape index (κ3) is 3.53. The number of rotatable bonds is 2. The first kappa shape index (κ1) is 17.2. The van der Waals surface area contributed by atoms with E-state index in [1.807, 2.05) is 32.0 Å². The molecule has 2 aliphatic heterocycles. The fraction of sp³-hybridized carbons (Fsp3) is 0.300. The number of fused-ring (bicyclic) bond motifs is 1. The maximum atomic E-state index is 12.9. The topological polar surface area (TPSA) is 82.5 Å². The van der Waals surface area contributed by atoms with Crippen LogP contribution in [0.5, 0.6) is 0 Å². The highest BCUT2D eigenvalue weighted by molar-refractivity contribution is 6.03. The van der Waals surface area contributed by atoms with Gasteiger partial charge >= 0.3 is 6.03 Å². The number of aromatic nitrogens is 2. The van der Waals surface area contributed by atoms with Gasteiger partial charge in [-0.25, -0.2) is 9.78 Å². The molecule has 0 saturated heterocycles. The number of hydrogen-bond donors (Lipinski definition) is 2. The van der Waals surface area contributed by atoms with E-state index < -0.39 is 0 Å². The second-order valence-corrected chi connectivity index (χ2v) is 6.76. The van der Waals surface area contributed by atoms with Gasteiger partial charge in [0, 0.05) is 42.7 Å². The van der Waals surface area contributed by atoms with Crippen LogP contribution in [-0.4, -0.2) is 34.8 Å². The molecule has 2 aromatic heterocycles. The predicted octanol–water partition coefficient (Wildman–Crippen LogP) is 3.93. The van der Waals surface area contributed by atoms with E-state index in [0.29, 0.717) is 18.1 Å². The summed E-state index contributed by atoms with van der Waals surface area (Å²) in [5.74, 6) is 0.649. The SMILES string of the molecule is CC1=NC(C)=C(c2ccc3c(n2)N(C(=O)Nc2cccnc2)CCCN3)C1. The van der Waals surface area contributed by atoms with Crippen molar-refractivity contribution in [3.05, 3.63) is 48.1 Å². The molecule has 0 aliphatic carbocycles. The van der Waals surface area contributed by atoms with Crippen LogP contribution < -0.4 is 15.5 Å². The van der Waals surface area contributed by atoms with Crippen molar-refractivity contribution in [2.75, 3.05) is 28.6 Å². The summed E-state index contributed by atoms with van der Waals surface area (Å²) in [6, 6.07) is 7.41. The van der Waals surface area contributed by atoms with Crippen molar-refractivity contribution in [3.8, 4) is 0 Å². The van der Waals surface area contributed by atoms with Crippen molar-refractivity contribution >= 4 is 34.5 Å². The molecule has 2 aromatic rings. The molecular weight excluding hydrogens is 340 g/mol. The predicted molar refractivity (Wildman–Crippen MR) is 108 cm³/mol. The van der Waals surface area contributed by atoms with Gasteiger partial charge in [0.25, 0.3) is 0 Å². The van der Waals surface area contributed by atoms with Gasteiger partial charge in [-0.15, -0.1) is 0 Å². The summed E-state index contributed by atoms with van der Waals surface area (Å²) in [4.78, 5) is 28.0. The Labute approximate surface area is 158 Å². The lowest BCUT2D eigenvalue weighted by atomic mass is 10.1. The van der Waals surface area contributed by atoms with Gasteiger partial charge in [-0.05, 0) is 44.5 Å². The molecule has 0 unspecified atom stereocenters. The number of nitrogens with one attached hydrogen (secondary N) is 2. The number of nitrogens with zero attached hydrogens (tertiary/aromatic N) is 4. The average Bonchev–Trinajstić information content (AvgIpc) is 2.88. The molecule has 2 amide bonds. The molecule has 0 radical (unpaired) electrons. The summed E-state index contributed by atoms with van der Waals surface area (Å²) in [5, 5.41) is 6.28. The molecule has 0 atom stereocenters. The Morgan fingerprint density at radius 1 is 1.26 bits per heavy atom. The van der Waals surface area contributed by atoms with Gasteiger partial charge < -0.3 is 10.6 Å². The van der Waals surface area contributed by atoms with Crippen LogP contribution >= 0.6 is 0 Å². The Bertz CT molecular complexity index is 935. The number of urea groups is 1. The zero-order chi connectivity index (χ0) is 18.8. The van der Waals surface area contributed by atoms with E-state index in [1.54, 1.807) is 23.4 Å². The maximum Gasteiger partial charge on any atom is 0.327 e. The molecule has 0 bridgehead atoms. The fourth-order valence-corrected chi connectivity index (χ4v) is 3.40. The second-order valence-electron chi connectivity index (χ2n) is 6.76. The lowest BCUT2D eigenvalue weighted by molar-refractivity contribution is 0.257. The Morgan fingerprint density at radius 2 is 2.15 bits per heavy atom. The van der Waals surface area contributed by atoms with Crippen molar-refractivity contribution in [1.82, 2.24) is 9.97 Å². The fourth-order valence-electron chi connectivity index (χ4n) is 3.40. The van der Waals surface area contributed by atoms with Gasteiger partial charge in [-0.1, -0.05) is 0 Å². The normalized spacial score (nSPS) is 16.4. The lowest BCUT2D eigenvalue weighted by Gasteiger charge is -2.22. The standard InChI is InChI=1S/C20H22N6O/c1-13-11-16(14(2)23-13)17-6-7-18-19(25-17)26(10-4-9-22-18)20(27)24-15-5-3-8-21-12-15/h3,5-8,12,22H,4,9-11H2,1-2H3,(H,24,27). The first-order chi connectivity index (χ1) is 13.1. The molecule has 2 aliphatic rings. The van der Waals surface area contributed by atoms with Gasteiger partial charge in [-0.2, -0.15) is 0 Å². The molecule has 0 saturated carbocycles. The largest absolute Gasteiger partial charge is 0.382 e. The number of allylic oxidation sites excluding steroid dienone is 2. The van der Waals surface area contributed by atoms with E-state index in [0.717, 1.165) is 47.7 Å². The molecule has 7 nitrogen and oxygen atoms in total. The Hall–Kier alpha value is -3.22. The van der Waals surface area contributed by atoms with Crippen molar-refractivity contribution in [2.45, 2.75) is 26.7 Å². The third-order valence-electron chi connectivity index (χ3n) is 4.70. The zero-order valence-corrected chi connectivity index (χ0v) is 15.5. The van der Waals surface area contributed by atoms with Crippen LogP contribution in [0.4, 0.5) is 22.0 Å². The lowest BCUT2D eigenvalue weighted by Crippen LogP contribution is -2.36. The molecule has 27 heavy (non-hydrogen) atoms. The Morgan fingerprint density at radius 3 is 2.89 bits per heavy atom. The maximum absolute atomic E-state index is 12.9. The molecular formula is C20H22N6O. The summed E-state index contributed by atoms with van der Waals surface area (Å²) in [6.07, 6.45) is 4.95. The average molecular weight is 362 g/mol. The summed E-state index contributed by atoms with van der Waals surface area (Å²) >= 11 is 0. The van der Waals surface area contributed by atoms with Crippen LogP contribution in [0.15, 0.2) is 47.3 Å². The van der Waals surface area contributed by atoms with Crippen LogP contribution in [0.2, 0.25) is 0 Å². The number of aliphatic imine (C=N–C) groups is 1. The minimum absolute atomic E-state index is 0.206. The molecule has 7 heteroatoms. The third-order valence-corrected chi connectivity index (χ3v) is 4.70. The van der Waals surface area contributed by atoms with Gasteiger partial charge in [0.1, 0.15) is 0 Å². The number of carbonyl (C=O) groups is 1. The van der Waals surface area contributed by atoms with Crippen molar-refractivity contribution in [1.29, 1.82) is 0 Å². The van der Waals surface area contributed by atoms with E-state index >= 15 is 0 Å². The zero-order valence-electron chi connectivity index (χ0n) is 15.5. The van der Waals surface area contributed by atoms with Crippen LogP contribution in [0.25, 0.3) is 5.57 Å². The summed E-state index contributed by atoms with van der Waals surface area (Å²) in [6.45, 7) is 5.42. The first-order valence-corrected chi connectivity index (χ1v) is 9.09. The number of anilines is 3.